The number of hydrogen-bond donors (Lipinski definition) is 0. The molecule has 1 aromatic heterocycles. The first-order chi connectivity index (χ1) is 13.1. The smallest absolute Gasteiger partial charge is 0.269 e. The number of carbonyl (C=O) groups excluding carboxylic acids is 1. The van der Waals surface area contributed by atoms with Crippen LogP contribution in [0.1, 0.15) is 28.5 Å². The van der Waals surface area contributed by atoms with Crippen molar-refractivity contribution in [2.24, 2.45) is 0 Å². The number of hydrogen-bond acceptors (Lipinski definition) is 6. The number of non-ortho nitro benzene ring substituents is 1. The number of sulfone groups is 1. The highest BCUT2D eigenvalue weighted by atomic mass is 32.2. The van der Waals surface area contributed by atoms with Gasteiger partial charge in [0.05, 0.1) is 26.8 Å². The Balaban J connectivity index is 2.20. The van der Waals surface area contributed by atoms with Gasteiger partial charge >= 0.3 is 0 Å². The van der Waals surface area contributed by atoms with Gasteiger partial charge in [-0.2, -0.15) is 5.10 Å². The maximum atomic E-state index is 13.1. The molecule has 8 nitrogen and oxygen atoms in total. The molecule has 144 valence electrons. The predicted molar refractivity (Wildman–Crippen MR) is 102 cm³/mol. The number of aromatic nitrogens is 2. The molecule has 0 aliphatic carbocycles. The monoisotopic (exact) mass is 399 g/mol. The fourth-order valence-corrected chi connectivity index (χ4v) is 4.33. The molecule has 0 bridgehead atoms. The molecule has 0 amide bonds. The van der Waals surface area contributed by atoms with Crippen LogP contribution in [-0.2, 0) is 9.84 Å². The summed E-state index contributed by atoms with van der Waals surface area (Å²) in [6.45, 7) is 4.70. The van der Waals surface area contributed by atoms with E-state index in [0.717, 1.165) is 5.56 Å². The summed E-state index contributed by atoms with van der Waals surface area (Å²) in [5, 5.41) is 14.7. The van der Waals surface area contributed by atoms with Crippen molar-refractivity contribution in [2.45, 2.75) is 30.7 Å². The van der Waals surface area contributed by atoms with Crippen LogP contribution < -0.4 is 0 Å². The van der Waals surface area contributed by atoms with Crippen molar-refractivity contribution < 1.29 is 18.1 Å². The number of Topliss-reactive ketones (excluding diaryl/α,β-unsaturated/α-hetero) is 1. The van der Waals surface area contributed by atoms with Crippen LogP contribution in [0.3, 0.4) is 0 Å². The number of rotatable bonds is 5. The van der Waals surface area contributed by atoms with E-state index in [1.165, 1.54) is 48.0 Å². The molecule has 0 aliphatic heterocycles. The minimum atomic E-state index is -4.02. The Hall–Kier alpha value is -3.33. The lowest BCUT2D eigenvalue weighted by Gasteiger charge is -2.04. The number of nitro groups is 1. The Kier molecular flexibility index (Phi) is 4.86. The predicted octanol–water partition coefficient (Wildman–Crippen LogP) is 3.43. The molecule has 3 aromatic rings. The van der Waals surface area contributed by atoms with Crippen LogP contribution >= 0.6 is 0 Å². The summed E-state index contributed by atoms with van der Waals surface area (Å²) in [7, 11) is -4.02. The Bertz CT molecular complexity index is 1180. The number of carbonyl (C=O) groups is 1. The number of nitro benzene ring substituents is 1. The Morgan fingerprint density at radius 3 is 2.11 bits per heavy atom. The third-order valence-electron chi connectivity index (χ3n) is 4.33. The molecular weight excluding hydrogens is 382 g/mol. The fraction of sp³-hybridized carbons (Fsp3) is 0.158. The van der Waals surface area contributed by atoms with Crippen LogP contribution in [0.2, 0.25) is 0 Å². The van der Waals surface area contributed by atoms with E-state index >= 15 is 0 Å². The molecule has 1 heterocycles. The van der Waals surface area contributed by atoms with Gasteiger partial charge in [-0.15, -0.1) is 0 Å². The summed E-state index contributed by atoms with van der Waals surface area (Å²) < 4.78 is 27.5. The van der Waals surface area contributed by atoms with Crippen LogP contribution in [0.25, 0.3) is 5.69 Å². The maximum Gasteiger partial charge on any atom is 0.269 e. The van der Waals surface area contributed by atoms with Crippen molar-refractivity contribution in [2.75, 3.05) is 0 Å². The molecule has 0 atom stereocenters. The lowest BCUT2D eigenvalue weighted by Crippen LogP contribution is -2.08. The Morgan fingerprint density at radius 2 is 1.61 bits per heavy atom. The second-order valence-electron chi connectivity index (χ2n) is 6.32. The summed E-state index contributed by atoms with van der Waals surface area (Å²) in [4.78, 5) is 22.5. The highest BCUT2D eigenvalue weighted by molar-refractivity contribution is 7.91. The number of nitrogens with zero attached hydrogens (tertiary/aromatic N) is 3. The maximum absolute atomic E-state index is 13.1. The SMILES string of the molecule is CC(=O)c1c(S(=O)(=O)c2ccc(C)cc2)nn(-c2ccc([N+](=O)[O-])cc2)c1C. The molecule has 0 aliphatic rings. The Morgan fingerprint density at radius 1 is 1.04 bits per heavy atom. The first-order valence-corrected chi connectivity index (χ1v) is 9.78. The van der Waals surface area contributed by atoms with Gasteiger partial charge in [-0.1, -0.05) is 17.7 Å². The quantitative estimate of drug-likeness (QED) is 0.369. The highest BCUT2D eigenvalue weighted by Crippen LogP contribution is 2.28. The summed E-state index contributed by atoms with van der Waals surface area (Å²) in [6, 6.07) is 11.7. The standard InChI is InChI=1S/C19H17N3O5S/c1-12-4-10-17(11-5-12)28(26,27)19-18(14(3)23)13(2)21(20-19)15-6-8-16(9-7-15)22(24)25/h4-11H,1-3H3. The molecule has 3 rings (SSSR count). The van der Waals surface area contributed by atoms with Gasteiger partial charge in [-0.25, -0.2) is 13.1 Å². The molecule has 0 radical (unpaired) electrons. The zero-order valence-corrected chi connectivity index (χ0v) is 16.2. The van der Waals surface area contributed by atoms with Crippen LogP contribution in [0, 0.1) is 24.0 Å². The zero-order valence-electron chi connectivity index (χ0n) is 15.4. The van der Waals surface area contributed by atoms with Crippen LogP contribution in [0.15, 0.2) is 58.5 Å². The van der Waals surface area contributed by atoms with E-state index in [-0.39, 0.29) is 21.2 Å². The highest BCUT2D eigenvalue weighted by Gasteiger charge is 2.30. The van der Waals surface area contributed by atoms with Gasteiger partial charge < -0.3 is 0 Å². The average Bonchev–Trinajstić information content (AvgIpc) is 3.00. The van der Waals surface area contributed by atoms with E-state index in [9.17, 15) is 23.3 Å². The molecule has 28 heavy (non-hydrogen) atoms. The average molecular weight is 399 g/mol. The summed E-state index contributed by atoms with van der Waals surface area (Å²) in [5.74, 6) is -0.434. The molecule has 0 saturated carbocycles. The molecular formula is C19H17N3O5S. The van der Waals surface area contributed by atoms with Crippen LogP contribution in [0.5, 0.6) is 0 Å². The summed E-state index contributed by atoms with van der Waals surface area (Å²) >= 11 is 0. The van der Waals surface area contributed by atoms with Gasteiger partial charge in [-0.3, -0.25) is 14.9 Å². The summed E-state index contributed by atoms with van der Waals surface area (Å²) in [5.41, 5.74) is 1.55. The van der Waals surface area contributed by atoms with Crippen molar-refractivity contribution in [3.05, 3.63) is 75.5 Å². The van der Waals surface area contributed by atoms with Gasteiger partial charge in [0, 0.05) is 12.1 Å². The second kappa shape index (κ2) is 7.01. The lowest BCUT2D eigenvalue weighted by atomic mass is 10.2. The first kappa shape index (κ1) is 19.4. The van der Waals surface area contributed by atoms with Gasteiger partial charge in [0.15, 0.2) is 10.8 Å². The van der Waals surface area contributed by atoms with E-state index in [1.54, 1.807) is 19.1 Å². The van der Waals surface area contributed by atoms with Crippen LogP contribution in [0.4, 0.5) is 5.69 Å². The molecule has 0 fully saturated rings. The molecule has 0 spiro atoms. The summed E-state index contributed by atoms with van der Waals surface area (Å²) in [6.07, 6.45) is 0. The van der Waals surface area contributed by atoms with E-state index in [1.807, 2.05) is 6.92 Å². The molecule has 0 N–H and O–H groups in total. The second-order valence-corrected chi connectivity index (χ2v) is 8.19. The number of benzene rings is 2. The van der Waals surface area contributed by atoms with Crippen LogP contribution in [-0.4, -0.2) is 28.9 Å². The van der Waals surface area contributed by atoms with Gasteiger partial charge in [0.2, 0.25) is 9.84 Å². The van der Waals surface area contributed by atoms with E-state index in [2.05, 4.69) is 5.10 Å². The Labute approximate surface area is 161 Å². The van der Waals surface area contributed by atoms with Gasteiger partial charge in [0.1, 0.15) is 0 Å². The van der Waals surface area contributed by atoms with Gasteiger partial charge in [0.25, 0.3) is 5.69 Å². The fourth-order valence-electron chi connectivity index (χ4n) is 2.87. The van der Waals surface area contributed by atoms with Gasteiger partial charge in [-0.05, 0) is 45.0 Å². The van der Waals surface area contributed by atoms with Crippen molar-refractivity contribution in [3.8, 4) is 5.69 Å². The normalized spacial score (nSPS) is 11.4. The molecule has 9 heteroatoms. The zero-order chi connectivity index (χ0) is 20.6. The molecule has 0 saturated heterocycles. The topological polar surface area (TPSA) is 112 Å². The minimum Gasteiger partial charge on any atom is -0.294 e. The van der Waals surface area contributed by atoms with Crippen molar-refractivity contribution in [1.29, 1.82) is 0 Å². The minimum absolute atomic E-state index is 0.000993. The molecule has 0 unspecified atom stereocenters. The lowest BCUT2D eigenvalue weighted by molar-refractivity contribution is -0.384. The number of aryl methyl sites for hydroxylation is 1. The first-order valence-electron chi connectivity index (χ1n) is 8.30. The van der Waals surface area contributed by atoms with Crippen molar-refractivity contribution in [1.82, 2.24) is 9.78 Å². The largest absolute Gasteiger partial charge is 0.294 e. The van der Waals surface area contributed by atoms with E-state index < -0.39 is 20.5 Å². The van der Waals surface area contributed by atoms with E-state index in [4.69, 9.17) is 0 Å². The number of ketones is 1. The third kappa shape index (κ3) is 3.31. The molecule has 2 aromatic carbocycles. The van der Waals surface area contributed by atoms with Crippen molar-refractivity contribution in [3.63, 3.8) is 0 Å². The third-order valence-corrected chi connectivity index (χ3v) is 6.01. The van der Waals surface area contributed by atoms with E-state index in [0.29, 0.717) is 11.4 Å². The van der Waals surface area contributed by atoms with Crippen molar-refractivity contribution >= 4 is 21.3 Å².